The van der Waals surface area contributed by atoms with E-state index in [2.05, 4.69) is 0 Å². The standard InChI is InChI=1S/C29H42FNO6S/c1-21(2)31-17-16-29(27(31)33)14-12-22(13-15-29)20-38(34,35)25-9-7-24(8-10-25)36-19-23(18-30)6-11-26(32)37-28(3,4)5/h7-10,18,21-22H,6,11-17,19-20H2,1-5H3/b23-18+. The topological polar surface area (TPSA) is 90.0 Å². The summed E-state index contributed by atoms with van der Waals surface area (Å²) in [4.78, 5) is 27.0. The molecule has 0 bridgehead atoms. The lowest BCUT2D eigenvalue weighted by atomic mass is 9.70. The van der Waals surface area contributed by atoms with Crippen LogP contribution in [-0.2, 0) is 24.2 Å². The summed E-state index contributed by atoms with van der Waals surface area (Å²) in [5, 5.41) is 0. The van der Waals surface area contributed by atoms with Gasteiger partial charge in [-0.1, -0.05) is 0 Å². The Morgan fingerprint density at radius 2 is 1.76 bits per heavy atom. The number of rotatable bonds is 10. The average Bonchev–Trinajstić information content (AvgIpc) is 3.15. The molecule has 0 aromatic heterocycles. The van der Waals surface area contributed by atoms with Gasteiger partial charge in [0.2, 0.25) is 5.91 Å². The number of amides is 1. The van der Waals surface area contributed by atoms with Gasteiger partial charge in [0.15, 0.2) is 9.84 Å². The molecule has 0 N–H and O–H groups in total. The van der Waals surface area contributed by atoms with Crippen LogP contribution in [-0.4, -0.2) is 55.7 Å². The van der Waals surface area contributed by atoms with Crippen molar-refractivity contribution in [2.24, 2.45) is 11.3 Å². The van der Waals surface area contributed by atoms with Crippen molar-refractivity contribution in [2.45, 2.75) is 96.1 Å². The Morgan fingerprint density at radius 3 is 2.29 bits per heavy atom. The third kappa shape index (κ3) is 7.80. The van der Waals surface area contributed by atoms with Crippen LogP contribution >= 0.6 is 0 Å². The smallest absolute Gasteiger partial charge is 0.306 e. The molecule has 9 heteroatoms. The number of carbonyl (C=O) groups excluding carboxylic acids is 2. The highest BCUT2D eigenvalue weighted by atomic mass is 32.2. The van der Waals surface area contributed by atoms with Crippen molar-refractivity contribution < 1.29 is 31.9 Å². The molecule has 1 amide bonds. The fraction of sp³-hybridized carbons (Fsp3) is 0.655. The van der Waals surface area contributed by atoms with E-state index in [-0.39, 0.29) is 53.4 Å². The second-order valence-electron chi connectivity index (χ2n) is 12.0. The van der Waals surface area contributed by atoms with Gasteiger partial charge >= 0.3 is 5.97 Å². The van der Waals surface area contributed by atoms with Gasteiger partial charge in [-0.3, -0.25) is 9.59 Å². The molecule has 0 radical (unpaired) electrons. The summed E-state index contributed by atoms with van der Waals surface area (Å²) in [6, 6.07) is 6.34. The SMILES string of the molecule is CC(C)N1CCC2(CCC(CS(=O)(=O)c3ccc(OC/C(=C/F)CCC(=O)OC(C)(C)C)cc3)CC2)C1=O. The molecule has 212 valence electrons. The highest BCUT2D eigenvalue weighted by molar-refractivity contribution is 7.91. The summed E-state index contributed by atoms with van der Waals surface area (Å²) < 4.78 is 50.3. The number of hydrogen-bond acceptors (Lipinski definition) is 6. The Morgan fingerprint density at radius 1 is 1.13 bits per heavy atom. The molecule has 38 heavy (non-hydrogen) atoms. The monoisotopic (exact) mass is 551 g/mol. The van der Waals surface area contributed by atoms with Gasteiger partial charge in [-0.15, -0.1) is 0 Å². The number of halogens is 1. The summed E-state index contributed by atoms with van der Waals surface area (Å²) >= 11 is 0. The molecule has 1 heterocycles. The van der Waals surface area contributed by atoms with E-state index in [0.717, 1.165) is 38.6 Å². The first-order valence-electron chi connectivity index (χ1n) is 13.5. The molecule has 2 fully saturated rings. The van der Waals surface area contributed by atoms with Crippen LogP contribution in [0.15, 0.2) is 41.1 Å². The van der Waals surface area contributed by atoms with Gasteiger partial charge in [0, 0.05) is 19.0 Å². The molecule has 1 aliphatic carbocycles. The van der Waals surface area contributed by atoms with Gasteiger partial charge in [0.25, 0.3) is 0 Å². The molecule has 1 saturated heterocycles. The molecule has 1 saturated carbocycles. The second-order valence-corrected chi connectivity index (χ2v) is 14.0. The first-order valence-corrected chi connectivity index (χ1v) is 15.2. The zero-order chi connectivity index (χ0) is 28.1. The molecule has 3 rings (SSSR count). The van der Waals surface area contributed by atoms with Crippen LogP contribution in [0, 0.1) is 11.3 Å². The molecule has 1 aromatic carbocycles. The van der Waals surface area contributed by atoms with E-state index >= 15 is 0 Å². The molecule has 2 aliphatic rings. The van der Waals surface area contributed by atoms with Crippen molar-refractivity contribution >= 4 is 21.7 Å². The van der Waals surface area contributed by atoms with E-state index in [1.54, 1.807) is 32.9 Å². The molecular weight excluding hydrogens is 509 g/mol. The van der Waals surface area contributed by atoms with E-state index in [1.807, 2.05) is 18.7 Å². The number of esters is 1. The number of sulfone groups is 1. The summed E-state index contributed by atoms with van der Waals surface area (Å²) in [7, 11) is -3.49. The lowest BCUT2D eigenvalue weighted by Crippen LogP contribution is -2.40. The van der Waals surface area contributed by atoms with E-state index < -0.39 is 21.4 Å². The second kappa shape index (κ2) is 12.2. The number of hydrogen-bond donors (Lipinski definition) is 0. The van der Waals surface area contributed by atoms with Crippen molar-refractivity contribution in [1.29, 1.82) is 0 Å². The maximum absolute atomic E-state index is 13.3. The summed E-state index contributed by atoms with van der Waals surface area (Å²) in [5.74, 6) is 0.330. The molecule has 0 unspecified atom stereocenters. The molecule has 0 atom stereocenters. The molecule has 1 aromatic rings. The maximum atomic E-state index is 13.3. The average molecular weight is 552 g/mol. The van der Waals surface area contributed by atoms with Crippen LogP contribution in [0.4, 0.5) is 4.39 Å². The number of benzene rings is 1. The molecule has 1 aliphatic heterocycles. The highest BCUT2D eigenvalue weighted by Crippen LogP contribution is 2.47. The predicted octanol–water partition coefficient (Wildman–Crippen LogP) is 5.63. The van der Waals surface area contributed by atoms with Crippen LogP contribution in [0.3, 0.4) is 0 Å². The third-order valence-corrected chi connectivity index (χ3v) is 9.42. The van der Waals surface area contributed by atoms with Crippen molar-refractivity contribution in [2.75, 3.05) is 18.9 Å². The summed E-state index contributed by atoms with van der Waals surface area (Å²) in [6.45, 7) is 10.1. The van der Waals surface area contributed by atoms with Gasteiger partial charge in [-0.25, -0.2) is 12.8 Å². The number of likely N-dealkylation sites (tertiary alicyclic amines) is 1. The summed E-state index contributed by atoms with van der Waals surface area (Å²) in [5.41, 5.74) is -0.595. The third-order valence-electron chi connectivity index (χ3n) is 7.52. The van der Waals surface area contributed by atoms with Crippen LogP contribution in [0.25, 0.3) is 0 Å². The van der Waals surface area contributed by atoms with Crippen molar-refractivity contribution in [1.82, 2.24) is 4.90 Å². The van der Waals surface area contributed by atoms with Crippen molar-refractivity contribution in [3.05, 3.63) is 36.2 Å². The number of nitrogens with zero attached hydrogens (tertiary/aromatic N) is 1. The van der Waals surface area contributed by atoms with Crippen LogP contribution in [0.1, 0.15) is 79.6 Å². The van der Waals surface area contributed by atoms with Crippen molar-refractivity contribution in [3.63, 3.8) is 0 Å². The normalized spacial score (nSPS) is 22.8. The van der Waals surface area contributed by atoms with Gasteiger partial charge in [-0.2, -0.15) is 0 Å². The molecule has 7 nitrogen and oxygen atoms in total. The number of carbonyl (C=O) groups is 2. The maximum Gasteiger partial charge on any atom is 0.306 e. The minimum absolute atomic E-state index is 0.0321. The Hall–Kier alpha value is -2.42. The van der Waals surface area contributed by atoms with Gasteiger partial charge in [0.05, 0.1) is 22.4 Å². The largest absolute Gasteiger partial charge is 0.489 e. The Kier molecular flexibility index (Phi) is 9.66. The molecular formula is C29H42FNO6S. The fourth-order valence-electron chi connectivity index (χ4n) is 5.34. The first kappa shape index (κ1) is 30.1. The van der Waals surface area contributed by atoms with E-state index in [0.29, 0.717) is 17.7 Å². The van der Waals surface area contributed by atoms with Crippen LogP contribution < -0.4 is 4.74 Å². The predicted molar refractivity (Wildman–Crippen MR) is 144 cm³/mol. The first-order chi connectivity index (χ1) is 17.7. The van der Waals surface area contributed by atoms with Gasteiger partial charge < -0.3 is 14.4 Å². The van der Waals surface area contributed by atoms with Crippen LogP contribution in [0.5, 0.6) is 5.75 Å². The van der Waals surface area contributed by atoms with Crippen molar-refractivity contribution in [3.8, 4) is 5.75 Å². The highest BCUT2D eigenvalue weighted by Gasteiger charge is 2.49. The van der Waals surface area contributed by atoms with Crippen LogP contribution in [0.2, 0.25) is 0 Å². The van der Waals surface area contributed by atoms with Gasteiger partial charge in [0.1, 0.15) is 18.0 Å². The summed E-state index contributed by atoms with van der Waals surface area (Å²) in [6.07, 6.45) is 4.48. The lowest BCUT2D eigenvalue weighted by Gasteiger charge is -2.36. The zero-order valence-corrected chi connectivity index (χ0v) is 24.1. The van der Waals surface area contributed by atoms with E-state index in [4.69, 9.17) is 9.47 Å². The fourth-order valence-corrected chi connectivity index (χ4v) is 7.04. The Balaban J connectivity index is 1.49. The molecule has 1 spiro atoms. The van der Waals surface area contributed by atoms with E-state index in [9.17, 15) is 22.4 Å². The Bertz CT molecular complexity index is 1110. The Labute approximate surface area is 226 Å². The zero-order valence-electron chi connectivity index (χ0n) is 23.3. The minimum atomic E-state index is -3.49. The number of ether oxygens (including phenoxy) is 2. The van der Waals surface area contributed by atoms with E-state index in [1.165, 1.54) is 12.1 Å². The minimum Gasteiger partial charge on any atom is -0.489 e. The van der Waals surface area contributed by atoms with Gasteiger partial charge in [-0.05, 0) is 109 Å². The quantitative estimate of drug-likeness (QED) is 0.350. The lowest BCUT2D eigenvalue weighted by molar-refractivity contribution is -0.154.